The molecule has 152 valence electrons. The zero-order chi connectivity index (χ0) is 21.1. The Morgan fingerprint density at radius 2 is 1.59 bits per heavy atom. The van der Waals surface area contributed by atoms with Crippen LogP contribution in [0.1, 0.15) is 11.6 Å². The molecular formula is C21H20F3N3O2. The average Bonchev–Trinajstić information content (AvgIpc) is 2.75. The maximum Gasteiger partial charge on any atom is 0.328 e. The van der Waals surface area contributed by atoms with Crippen LogP contribution >= 0.6 is 0 Å². The lowest BCUT2D eigenvalue weighted by Gasteiger charge is -2.25. The number of alkyl halides is 2. The predicted octanol–water partition coefficient (Wildman–Crippen LogP) is 4.68. The van der Waals surface area contributed by atoms with Crippen LogP contribution in [0, 0.1) is 5.82 Å². The van der Waals surface area contributed by atoms with Crippen LogP contribution in [-0.2, 0) is 0 Å². The summed E-state index contributed by atoms with van der Waals surface area (Å²) in [6, 6.07) is 19.2. The van der Waals surface area contributed by atoms with E-state index in [0.29, 0.717) is 5.69 Å². The van der Waals surface area contributed by atoms with Gasteiger partial charge in [0.2, 0.25) is 6.93 Å². The van der Waals surface area contributed by atoms with Crippen molar-refractivity contribution >= 4 is 17.5 Å². The first kappa shape index (κ1) is 21.9. The molecule has 1 atom stereocenters. The number of aliphatic hydroxyl groups is 1. The number of pyridine rings is 1. The number of nitrogens with zero attached hydrogens (tertiary/aromatic N) is 2. The number of benzene rings is 2. The minimum absolute atomic E-state index is 0.110. The summed E-state index contributed by atoms with van der Waals surface area (Å²) in [5.74, 6) is -0.729. The molecule has 3 aromatic rings. The van der Waals surface area contributed by atoms with Crippen LogP contribution in [0.4, 0.5) is 29.5 Å². The van der Waals surface area contributed by atoms with Gasteiger partial charge < -0.3 is 10.4 Å². The number of hydrogen-bond donors (Lipinski definition) is 2. The lowest BCUT2D eigenvalue weighted by atomic mass is 10.1. The number of urea groups is 1. The van der Waals surface area contributed by atoms with Crippen molar-refractivity contribution < 1.29 is 23.1 Å². The zero-order valence-electron chi connectivity index (χ0n) is 15.4. The molecule has 0 aliphatic rings. The Balaban J connectivity index is 0.000000941. The molecular weight excluding hydrogens is 383 g/mol. The van der Waals surface area contributed by atoms with E-state index in [0.717, 1.165) is 10.5 Å². The second-order valence-electron chi connectivity index (χ2n) is 5.68. The number of amides is 2. The summed E-state index contributed by atoms with van der Waals surface area (Å²) in [7, 11) is 0. The molecule has 8 heteroatoms. The zero-order valence-corrected chi connectivity index (χ0v) is 15.4. The van der Waals surface area contributed by atoms with Gasteiger partial charge in [-0.25, -0.2) is 27.8 Å². The lowest BCUT2D eigenvalue weighted by molar-refractivity contribution is 0.222. The Morgan fingerprint density at radius 1 is 1.00 bits per heavy atom. The fourth-order valence-corrected chi connectivity index (χ4v) is 2.59. The van der Waals surface area contributed by atoms with Crippen molar-refractivity contribution in [2.24, 2.45) is 0 Å². The van der Waals surface area contributed by atoms with Crippen molar-refractivity contribution in [1.29, 1.82) is 0 Å². The van der Waals surface area contributed by atoms with E-state index in [-0.39, 0.29) is 12.4 Å². The number of aliphatic hydroxyl groups excluding tert-OH is 1. The van der Waals surface area contributed by atoms with E-state index >= 15 is 0 Å². The van der Waals surface area contributed by atoms with E-state index in [1.807, 2.05) is 18.2 Å². The quantitative estimate of drug-likeness (QED) is 0.650. The molecule has 0 saturated carbocycles. The Hall–Kier alpha value is -3.39. The molecule has 2 aromatic carbocycles. The Kier molecular flexibility index (Phi) is 8.65. The van der Waals surface area contributed by atoms with Crippen LogP contribution in [0.5, 0.6) is 0 Å². The largest absolute Gasteiger partial charge is 0.394 e. The number of rotatable bonds is 5. The van der Waals surface area contributed by atoms with Crippen LogP contribution in [0.25, 0.3) is 0 Å². The average molecular weight is 403 g/mol. The van der Waals surface area contributed by atoms with Gasteiger partial charge >= 0.3 is 6.03 Å². The van der Waals surface area contributed by atoms with Crippen molar-refractivity contribution in [2.75, 3.05) is 18.4 Å². The lowest BCUT2D eigenvalue weighted by Crippen LogP contribution is -2.41. The van der Waals surface area contributed by atoms with E-state index in [1.54, 1.807) is 42.5 Å². The molecule has 29 heavy (non-hydrogen) atoms. The summed E-state index contributed by atoms with van der Waals surface area (Å²) in [6.07, 6.45) is 1.42. The van der Waals surface area contributed by atoms with Crippen LogP contribution < -0.4 is 10.2 Å². The number of nitrogens with one attached hydrogen (secondary N) is 1. The highest BCUT2D eigenvalue weighted by molar-refractivity contribution is 5.98. The number of aromatic nitrogens is 1. The minimum atomic E-state index is -1.75. The number of hydrogen-bond acceptors (Lipinski definition) is 3. The van der Waals surface area contributed by atoms with Crippen LogP contribution in [0.2, 0.25) is 0 Å². The van der Waals surface area contributed by atoms with Crippen molar-refractivity contribution in [3.05, 3.63) is 90.4 Å². The van der Waals surface area contributed by atoms with E-state index in [1.165, 1.54) is 18.3 Å². The molecule has 2 N–H and O–H groups in total. The standard InChI is InChI=1S/C20H18FN3O2.CH2F2/c21-17-12-7-13-22-19(17)24(16-10-5-2-6-11-16)20(26)23-18(14-25)15-8-3-1-4-9-15;2-1-3/h1-13,18,25H,14H2,(H,23,26);1H2. The minimum Gasteiger partial charge on any atom is -0.394 e. The van der Waals surface area contributed by atoms with Gasteiger partial charge in [0, 0.05) is 6.20 Å². The van der Waals surface area contributed by atoms with Gasteiger partial charge in [0.05, 0.1) is 18.3 Å². The first-order valence-corrected chi connectivity index (χ1v) is 8.66. The Morgan fingerprint density at radius 3 is 2.14 bits per heavy atom. The molecule has 1 aromatic heterocycles. The monoisotopic (exact) mass is 403 g/mol. The first-order chi connectivity index (χ1) is 14.1. The highest BCUT2D eigenvalue weighted by Gasteiger charge is 2.25. The molecule has 1 heterocycles. The van der Waals surface area contributed by atoms with Crippen LogP contribution in [-0.4, -0.2) is 29.7 Å². The summed E-state index contributed by atoms with van der Waals surface area (Å²) in [5.41, 5.74) is 1.21. The Bertz CT molecular complexity index is 883. The molecule has 0 aliphatic heterocycles. The van der Waals surface area contributed by atoms with Gasteiger partial charge in [-0.05, 0) is 29.8 Å². The number of para-hydroxylation sites is 1. The molecule has 3 rings (SSSR count). The summed E-state index contributed by atoms with van der Waals surface area (Å²) in [4.78, 5) is 18.1. The SMILES string of the molecule is FCF.O=C(NC(CO)c1ccccc1)N(c1ccccc1)c1ncccc1F. The topological polar surface area (TPSA) is 65.5 Å². The highest BCUT2D eigenvalue weighted by atomic mass is 19.3. The van der Waals surface area contributed by atoms with Gasteiger partial charge in [-0.2, -0.15) is 0 Å². The number of anilines is 2. The molecule has 0 spiro atoms. The van der Waals surface area contributed by atoms with Crippen molar-refractivity contribution in [2.45, 2.75) is 6.04 Å². The predicted molar refractivity (Wildman–Crippen MR) is 105 cm³/mol. The summed E-state index contributed by atoms with van der Waals surface area (Å²) in [5, 5.41) is 12.4. The number of carbonyl (C=O) groups excluding carboxylic acids is 1. The second-order valence-corrected chi connectivity index (χ2v) is 5.68. The summed E-state index contributed by atoms with van der Waals surface area (Å²) in [6.45, 7) is -2.04. The fourth-order valence-electron chi connectivity index (χ4n) is 2.59. The molecule has 5 nitrogen and oxygen atoms in total. The molecule has 0 radical (unpaired) electrons. The number of carbonyl (C=O) groups is 1. The first-order valence-electron chi connectivity index (χ1n) is 8.66. The normalized spacial score (nSPS) is 11.0. The van der Waals surface area contributed by atoms with Crippen molar-refractivity contribution in [3.63, 3.8) is 0 Å². The van der Waals surface area contributed by atoms with Gasteiger partial charge in [-0.1, -0.05) is 48.5 Å². The number of halogens is 3. The smallest absolute Gasteiger partial charge is 0.328 e. The molecule has 0 aliphatic carbocycles. The van der Waals surface area contributed by atoms with E-state index in [9.17, 15) is 23.1 Å². The maximum atomic E-state index is 14.3. The second kappa shape index (κ2) is 11.5. The van der Waals surface area contributed by atoms with Gasteiger partial charge in [0.1, 0.15) is 0 Å². The summed E-state index contributed by atoms with van der Waals surface area (Å²) < 4.78 is 33.5. The van der Waals surface area contributed by atoms with Gasteiger partial charge in [-0.3, -0.25) is 0 Å². The fraction of sp³-hybridized carbons (Fsp3) is 0.143. The summed E-state index contributed by atoms with van der Waals surface area (Å²) >= 11 is 0. The molecule has 0 fully saturated rings. The molecule has 0 bridgehead atoms. The third kappa shape index (κ3) is 6.05. The van der Waals surface area contributed by atoms with Crippen molar-refractivity contribution in [1.82, 2.24) is 10.3 Å². The molecule has 2 amide bonds. The van der Waals surface area contributed by atoms with Crippen LogP contribution in [0.3, 0.4) is 0 Å². The third-order valence-corrected chi connectivity index (χ3v) is 3.85. The van der Waals surface area contributed by atoms with Gasteiger partial charge in [-0.15, -0.1) is 0 Å². The highest BCUT2D eigenvalue weighted by Crippen LogP contribution is 2.26. The van der Waals surface area contributed by atoms with Crippen molar-refractivity contribution in [3.8, 4) is 0 Å². The third-order valence-electron chi connectivity index (χ3n) is 3.85. The van der Waals surface area contributed by atoms with Gasteiger partial charge in [0.15, 0.2) is 11.6 Å². The molecule has 0 saturated heterocycles. The van der Waals surface area contributed by atoms with E-state index in [2.05, 4.69) is 10.3 Å². The van der Waals surface area contributed by atoms with Crippen LogP contribution in [0.15, 0.2) is 79.0 Å². The maximum absolute atomic E-state index is 14.3. The van der Waals surface area contributed by atoms with Gasteiger partial charge in [0.25, 0.3) is 0 Å². The van der Waals surface area contributed by atoms with E-state index < -0.39 is 24.8 Å². The molecule has 1 unspecified atom stereocenters. The van der Waals surface area contributed by atoms with E-state index in [4.69, 9.17) is 0 Å². The Labute approximate surface area is 166 Å².